The minimum Gasteiger partial charge on any atom is -0.494 e. The van der Waals surface area contributed by atoms with E-state index in [0.29, 0.717) is 13.2 Å². The van der Waals surface area contributed by atoms with Crippen LogP contribution in [0.1, 0.15) is 12.5 Å². The van der Waals surface area contributed by atoms with Crippen LogP contribution in [0.5, 0.6) is 5.75 Å². The van der Waals surface area contributed by atoms with Crippen LogP contribution >= 0.6 is 11.8 Å². The first-order chi connectivity index (χ1) is 6.33. The second-order valence-corrected chi connectivity index (χ2v) is 3.42. The van der Waals surface area contributed by atoms with Crippen LogP contribution in [0.25, 0.3) is 0 Å². The number of thioether (sulfide) groups is 1. The van der Waals surface area contributed by atoms with Crippen molar-refractivity contribution in [3.63, 3.8) is 0 Å². The molecule has 0 saturated heterocycles. The van der Waals surface area contributed by atoms with Gasteiger partial charge in [-0.1, -0.05) is 6.07 Å². The van der Waals surface area contributed by atoms with Crippen LogP contribution in [0.3, 0.4) is 0 Å². The smallest absolute Gasteiger partial charge is 0.124 e. The van der Waals surface area contributed by atoms with E-state index in [-0.39, 0.29) is 0 Å². The Bertz CT molecular complexity index is 276. The molecule has 3 heteroatoms. The molecule has 0 aromatic heterocycles. The summed E-state index contributed by atoms with van der Waals surface area (Å²) in [4.78, 5) is 1.20. The lowest BCUT2D eigenvalue weighted by Crippen LogP contribution is -2.03. The number of ether oxygens (including phenoxy) is 1. The fourth-order valence-electron chi connectivity index (χ4n) is 1.23. The lowest BCUT2D eigenvalue weighted by Gasteiger charge is -2.11. The zero-order valence-corrected chi connectivity index (χ0v) is 8.86. The van der Waals surface area contributed by atoms with Gasteiger partial charge in [-0.15, -0.1) is 11.8 Å². The highest BCUT2D eigenvalue weighted by Gasteiger charge is 2.05. The Kier molecular flexibility index (Phi) is 4.12. The summed E-state index contributed by atoms with van der Waals surface area (Å²) in [7, 11) is 0. The molecule has 0 aliphatic rings. The molecule has 0 aliphatic heterocycles. The number of hydrogen-bond donors (Lipinski definition) is 1. The number of nitrogens with two attached hydrogens (primary N) is 1. The van der Waals surface area contributed by atoms with E-state index in [1.54, 1.807) is 11.8 Å². The van der Waals surface area contributed by atoms with Crippen LogP contribution in [0.15, 0.2) is 23.1 Å². The molecule has 0 atom stereocenters. The zero-order chi connectivity index (χ0) is 9.68. The van der Waals surface area contributed by atoms with Crippen LogP contribution in [0.2, 0.25) is 0 Å². The van der Waals surface area contributed by atoms with Crippen molar-refractivity contribution in [1.29, 1.82) is 0 Å². The molecular formula is C10H15NOS. The van der Waals surface area contributed by atoms with E-state index < -0.39 is 0 Å². The van der Waals surface area contributed by atoms with Crippen LogP contribution in [-0.4, -0.2) is 12.9 Å². The van der Waals surface area contributed by atoms with Gasteiger partial charge in [0.25, 0.3) is 0 Å². The van der Waals surface area contributed by atoms with Gasteiger partial charge >= 0.3 is 0 Å². The highest BCUT2D eigenvalue weighted by Crippen LogP contribution is 2.28. The highest BCUT2D eigenvalue weighted by molar-refractivity contribution is 7.98. The van der Waals surface area contributed by atoms with Gasteiger partial charge in [0.05, 0.1) is 6.61 Å². The Labute approximate surface area is 83.5 Å². The van der Waals surface area contributed by atoms with Crippen molar-refractivity contribution >= 4 is 11.8 Å². The highest BCUT2D eigenvalue weighted by atomic mass is 32.2. The third-order valence-corrected chi connectivity index (χ3v) is 2.64. The number of benzene rings is 1. The summed E-state index contributed by atoms with van der Waals surface area (Å²) >= 11 is 1.70. The quantitative estimate of drug-likeness (QED) is 0.752. The average Bonchev–Trinajstić information content (AvgIpc) is 2.18. The fraction of sp³-hybridized carbons (Fsp3) is 0.400. The van der Waals surface area contributed by atoms with E-state index in [1.807, 2.05) is 25.3 Å². The van der Waals surface area contributed by atoms with Crippen LogP contribution in [0, 0.1) is 0 Å². The van der Waals surface area contributed by atoms with Gasteiger partial charge in [-0.05, 0) is 25.3 Å². The topological polar surface area (TPSA) is 35.2 Å². The molecule has 0 unspecified atom stereocenters. The van der Waals surface area contributed by atoms with Gasteiger partial charge in [0, 0.05) is 17.0 Å². The lowest BCUT2D eigenvalue weighted by atomic mass is 10.2. The minimum absolute atomic E-state index is 0.534. The molecule has 0 amide bonds. The van der Waals surface area contributed by atoms with Crippen molar-refractivity contribution < 1.29 is 4.74 Å². The van der Waals surface area contributed by atoms with Crippen molar-refractivity contribution in [2.45, 2.75) is 18.4 Å². The van der Waals surface area contributed by atoms with Crippen molar-refractivity contribution in [2.24, 2.45) is 5.73 Å². The predicted octanol–water partition coefficient (Wildman–Crippen LogP) is 2.27. The first-order valence-electron chi connectivity index (χ1n) is 4.32. The monoisotopic (exact) mass is 197 g/mol. The zero-order valence-electron chi connectivity index (χ0n) is 8.04. The second kappa shape index (κ2) is 5.14. The predicted molar refractivity (Wildman–Crippen MR) is 57.3 cm³/mol. The van der Waals surface area contributed by atoms with Crippen LogP contribution in [-0.2, 0) is 6.54 Å². The molecule has 0 fully saturated rings. The summed E-state index contributed by atoms with van der Waals surface area (Å²) in [6.45, 7) is 3.20. The van der Waals surface area contributed by atoms with Gasteiger partial charge < -0.3 is 10.5 Å². The molecule has 2 nitrogen and oxygen atoms in total. The number of hydrogen-bond acceptors (Lipinski definition) is 3. The molecule has 13 heavy (non-hydrogen) atoms. The fourth-order valence-corrected chi connectivity index (χ4v) is 1.87. The molecule has 0 saturated carbocycles. The molecule has 2 N–H and O–H groups in total. The Hall–Kier alpha value is -0.670. The summed E-state index contributed by atoms with van der Waals surface area (Å²) in [5.41, 5.74) is 6.77. The van der Waals surface area contributed by atoms with Crippen molar-refractivity contribution in [2.75, 3.05) is 12.9 Å². The Morgan fingerprint density at radius 2 is 2.23 bits per heavy atom. The average molecular weight is 197 g/mol. The number of rotatable bonds is 4. The van der Waals surface area contributed by atoms with E-state index in [4.69, 9.17) is 10.5 Å². The lowest BCUT2D eigenvalue weighted by molar-refractivity contribution is 0.335. The van der Waals surface area contributed by atoms with Crippen molar-refractivity contribution in [1.82, 2.24) is 0 Å². The second-order valence-electron chi connectivity index (χ2n) is 2.57. The summed E-state index contributed by atoms with van der Waals surface area (Å²) < 4.78 is 5.48. The summed E-state index contributed by atoms with van der Waals surface area (Å²) in [5.74, 6) is 0.914. The normalized spacial score (nSPS) is 10.1. The summed E-state index contributed by atoms with van der Waals surface area (Å²) in [6, 6.07) is 6.02. The minimum atomic E-state index is 0.534. The Morgan fingerprint density at radius 3 is 2.77 bits per heavy atom. The third-order valence-electron chi connectivity index (χ3n) is 1.81. The van der Waals surface area contributed by atoms with Gasteiger partial charge in [0.1, 0.15) is 5.75 Å². The molecule has 1 aromatic carbocycles. The summed E-state index contributed by atoms with van der Waals surface area (Å²) in [6.07, 6.45) is 2.05. The molecule has 72 valence electrons. The van der Waals surface area contributed by atoms with Gasteiger partial charge in [-0.2, -0.15) is 0 Å². The molecule has 1 aromatic rings. The van der Waals surface area contributed by atoms with Crippen molar-refractivity contribution in [3.8, 4) is 5.75 Å². The molecule has 1 rings (SSSR count). The van der Waals surface area contributed by atoms with E-state index in [9.17, 15) is 0 Å². The van der Waals surface area contributed by atoms with Crippen molar-refractivity contribution in [3.05, 3.63) is 23.8 Å². The van der Waals surface area contributed by atoms with E-state index in [0.717, 1.165) is 11.3 Å². The van der Waals surface area contributed by atoms with Crippen LogP contribution in [0.4, 0.5) is 0 Å². The molecule has 0 heterocycles. The van der Waals surface area contributed by atoms with Gasteiger partial charge in [-0.3, -0.25) is 0 Å². The van der Waals surface area contributed by atoms with Gasteiger partial charge in [-0.25, -0.2) is 0 Å². The summed E-state index contributed by atoms with van der Waals surface area (Å²) in [5, 5.41) is 0. The van der Waals surface area contributed by atoms with Gasteiger partial charge in [0.2, 0.25) is 0 Å². The maximum Gasteiger partial charge on any atom is 0.124 e. The maximum absolute atomic E-state index is 5.66. The molecular weight excluding hydrogens is 182 g/mol. The molecule has 0 aliphatic carbocycles. The van der Waals surface area contributed by atoms with E-state index in [2.05, 4.69) is 6.07 Å². The first-order valence-corrected chi connectivity index (χ1v) is 5.54. The first kappa shape index (κ1) is 10.4. The Balaban J connectivity index is 3.03. The SMILES string of the molecule is CCOc1cccc(SC)c1CN. The van der Waals surface area contributed by atoms with Gasteiger partial charge in [0.15, 0.2) is 0 Å². The maximum atomic E-state index is 5.66. The molecule has 0 bridgehead atoms. The van der Waals surface area contributed by atoms with E-state index in [1.165, 1.54) is 4.90 Å². The standard InChI is InChI=1S/C10H15NOS/c1-3-12-9-5-4-6-10(13-2)8(9)7-11/h4-6H,3,7,11H2,1-2H3. The Morgan fingerprint density at radius 1 is 1.46 bits per heavy atom. The third kappa shape index (κ3) is 2.39. The van der Waals surface area contributed by atoms with E-state index >= 15 is 0 Å². The molecule has 0 radical (unpaired) electrons. The molecule has 0 spiro atoms. The van der Waals surface area contributed by atoms with Crippen LogP contribution < -0.4 is 10.5 Å². The largest absolute Gasteiger partial charge is 0.494 e.